The molecule has 118 valence electrons. The van der Waals surface area contributed by atoms with Crippen LogP contribution in [-0.4, -0.2) is 23.5 Å². The van der Waals surface area contributed by atoms with Gasteiger partial charge in [-0.15, -0.1) is 36.2 Å². The molecule has 0 aliphatic heterocycles. The van der Waals surface area contributed by atoms with Gasteiger partial charge in [0.15, 0.2) is 0 Å². The Balaban J connectivity index is 0. The maximum absolute atomic E-state index is 11.7. The minimum Gasteiger partial charge on any atom is -0.356 e. The molecular weight excluding hydrogens is 317 g/mol. The third-order valence-corrected chi connectivity index (χ3v) is 3.77. The third kappa shape index (κ3) is 8.04. The zero-order chi connectivity index (χ0) is 13.8. The Morgan fingerprint density at radius 3 is 2.50 bits per heavy atom. The number of nitrogens with zero attached hydrogens (tertiary/aromatic N) is 1. The lowest BCUT2D eigenvalue weighted by atomic mass is 9.98. The lowest BCUT2D eigenvalue weighted by molar-refractivity contribution is -0.120. The molecule has 0 radical (unpaired) electrons. The molecule has 1 aromatic heterocycles. The number of rotatable bonds is 5. The first-order valence-electron chi connectivity index (χ1n) is 6.26. The van der Waals surface area contributed by atoms with Crippen LogP contribution in [-0.2, 0) is 16.6 Å². The van der Waals surface area contributed by atoms with Crippen LogP contribution in [0.4, 0.5) is 0 Å². The zero-order valence-corrected chi connectivity index (χ0v) is 14.9. The molecule has 0 aromatic carbocycles. The Kier molecular flexibility index (Phi) is 10.5. The molecule has 1 amide bonds. The van der Waals surface area contributed by atoms with Crippen LogP contribution in [0.5, 0.6) is 0 Å². The summed E-state index contributed by atoms with van der Waals surface area (Å²) >= 11 is 1.62. The summed E-state index contributed by atoms with van der Waals surface area (Å²) in [6.45, 7) is 8.93. The van der Waals surface area contributed by atoms with Crippen LogP contribution in [0.1, 0.15) is 44.8 Å². The van der Waals surface area contributed by atoms with Crippen molar-refractivity contribution >= 4 is 42.1 Å². The van der Waals surface area contributed by atoms with Crippen molar-refractivity contribution < 1.29 is 4.79 Å². The maximum atomic E-state index is 11.7. The summed E-state index contributed by atoms with van der Waals surface area (Å²) in [4.78, 5) is 16.2. The standard InChI is InChI=1S/C13H23N3OS.2ClH/c1-9(14)5-6-15-11(17)7-10-8-18-12(16-10)13(2,3)4;;/h8-9H,5-7,14H2,1-4H3,(H,15,17);2*1H. The van der Waals surface area contributed by atoms with E-state index in [1.807, 2.05) is 12.3 Å². The summed E-state index contributed by atoms with van der Waals surface area (Å²) in [5, 5.41) is 5.89. The minimum absolute atomic E-state index is 0. The highest BCUT2D eigenvalue weighted by Gasteiger charge is 2.18. The van der Waals surface area contributed by atoms with Gasteiger partial charge in [0.05, 0.1) is 17.1 Å². The number of hydrogen-bond donors (Lipinski definition) is 2. The second kappa shape index (κ2) is 9.55. The van der Waals surface area contributed by atoms with E-state index in [9.17, 15) is 4.79 Å². The number of carbonyl (C=O) groups is 1. The van der Waals surface area contributed by atoms with Crippen molar-refractivity contribution in [2.45, 2.75) is 52.0 Å². The minimum atomic E-state index is 0. The van der Waals surface area contributed by atoms with E-state index in [1.54, 1.807) is 11.3 Å². The van der Waals surface area contributed by atoms with E-state index in [4.69, 9.17) is 5.73 Å². The monoisotopic (exact) mass is 341 g/mol. The predicted octanol–water partition coefficient (Wildman–Crippen LogP) is 2.68. The van der Waals surface area contributed by atoms with Crippen molar-refractivity contribution in [3.63, 3.8) is 0 Å². The molecule has 1 aromatic rings. The van der Waals surface area contributed by atoms with E-state index in [-0.39, 0.29) is 42.2 Å². The Bertz CT molecular complexity index is 403. The lowest BCUT2D eigenvalue weighted by Crippen LogP contribution is -2.30. The van der Waals surface area contributed by atoms with Crippen molar-refractivity contribution in [2.24, 2.45) is 5.73 Å². The summed E-state index contributed by atoms with van der Waals surface area (Å²) in [7, 11) is 0. The van der Waals surface area contributed by atoms with E-state index >= 15 is 0 Å². The second-order valence-electron chi connectivity index (χ2n) is 5.69. The fourth-order valence-corrected chi connectivity index (χ4v) is 2.31. The highest BCUT2D eigenvalue weighted by molar-refractivity contribution is 7.09. The summed E-state index contributed by atoms with van der Waals surface area (Å²) < 4.78 is 0. The largest absolute Gasteiger partial charge is 0.356 e. The maximum Gasteiger partial charge on any atom is 0.226 e. The Morgan fingerprint density at radius 2 is 2.05 bits per heavy atom. The smallest absolute Gasteiger partial charge is 0.226 e. The molecular formula is C13H25Cl2N3OS. The summed E-state index contributed by atoms with van der Waals surface area (Å²) in [6, 6.07) is 0.122. The molecule has 0 aliphatic rings. The third-order valence-electron chi connectivity index (χ3n) is 2.46. The molecule has 0 aliphatic carbocycles. The molecule has 1 rings (SSSR count). The Labute approximate surface area is 137 Å². The molecule has 1 atom stereocenters. The first-order chi connectivity index (χ1) is 8.29. The fraction of sp³-hybridized carbons (Fsp3) is 0.692. The first-order valence-corrected chi connectivity index (χ1v) is 7.14. The molecule has 0 saturated carbocycles. The molecule has 3 N–H and O–H groups in total. The first kappa shape index (κ1) is 21.9. The molecule has 7 heteroatoms. The molecule has 1 heterocycles. The van der Waals surface area contributed by atoms with E-state index in [0.717, 1.165) is 17.1 Å². The number of nitrogens with two attached hydrogens (primary N) is 1. The van der Waals surface area contributed by atoms with Crippen LogP contribution in [0.3, 0.4) is 0 Å². The molecule has 20 heavy (non-hydrogen) atoms. The van der Waals surface area contributed by atoms with Crippen molar-refractivity contribution in [3.05, 3.63) is 16.1 Å². The van der Waals surface area contributed by atoms with Crippen molar-refractivity contribution in [2.75, 3.05) is 6.54 Å². The highest BCUT2D eigenvalue weighted by Crippen LogP contribution is 2.25. The van der Waals surface area contributed by atoms with Crippen LogP contribution in [0.2, 0.25) is 0 Å². The Hall–Kier alpha value is -0.360. The average molecular weight is 342 g/mol. The van der Waals surface area contributed by atoms with E-state index in [1.165, 1.54) is 0 Å². The number of thiazole rings is 1. The quantitative estimate of drug-likeness (QED) is 0.864. The van der Waals surface area contributed by atoms with Gasteiger partial charge in [-0.3, -0.25) is 4.79 Å². The predicted molar refractivity (Wildman–Crippen MR) is 90.3 cm³/mol. The van der Waals surface area contributed by atoms with E-state index in [2.05, 4.69) is 31.1 Å². The average Bonchev–Trinajstić information content (AvgIpc) is 2.64. The molecule has 0 spiro atoms. The fourth-order valence-electron chi connectivity index (χ4n) is 1.40. The van der Waals surface area contributed by atoms with Gasteiger partial charge in [0.1, 0.15) is 0 Å². The SMILES string of the molecule is CC(N)CCNC(=O)Cc1csc(C(C)(C)C)n1.Cl.Cl. The second-order valence-corrected chi connectivity index (χ2v) is 6.54. The molecule has 0 bridgehead atoms. The molecule has 0 fully saturated rings. The van der Waals surface area contributed by atoms with Gasteiger partial charge in [0.2, 0.25) is 5.91 Å². The van der Waals surface area contributed by atoms with Gasteiger partial charge in [-0.2, -0.15) is 0 Å². The summed E-state index contributed by atoms with van der Waals surface area (Å²) in [5.41, 5.74) is 6.52. The topological polar surface area (TPSA) is 68.0 Å². The van der Waals surface area contributed by atoms with Gasteiger partial charge in [-0.1, -0.05) is 20.8 Å². The van der Waals surface area contributed by atoms with Crippen molar-refractivity contribution in [3.8, 4) is 0 Å². The highest BCUT2D eigenvalue weighted by atomic mass is 35.5. The van der Waals surface area contributed by atoms with Crippen molar-refractivity contribution in [1.82, 2.24) is 10.3 Å². The zero-order valence-electron chi connectivity index (χ0n) is 12.4. The summed E-state index contributed by atoms with van der Waals surface area (Å²) in [6.07, 6.45) is 1.15. The number of nitrogens with one attached hydrogen (secondary N) is 1. The molecule has 1 unspecified atom stereocenters. The molecule has 0 saturated heterocycles. The van der Waals surface area contributed by atoms with E-state index < -0.39 is 0 Å². The van der Waals surface area contributed by atoms with Gasteiger partial charge < -0.3 is 11.1 Å². The van der Waals surface area contributed by atoms with Gasteiger partial charge in [0.25, 0.3) is 0 Å². The van der Waals surface area contributed by atoms with Gasteiger partial charge >= 0.3 is 0 Å². The van der Waals surface area contributed by atoms with Gasteiger partial charge in [-0.25, -0.2) is 4.98 Å². The van der Waals surface area contributed by atoms with Crippen LogP contribution in [0.25, 0.3) is 0 Å². The van der Waals surface area contributed by atoms with Crippen LogP contribution < -0.4 is 11.1 Å². The van der Waals surface area contributed by atoms with E-state index in [0.29, 0.717) is 13.0 Å². The number of hydrogen-bond acceptors (Lipinski definition) is 4. The lowest BCUT2D eigenvalue weighted by Gasteiger charge is -2.13. The number of aromatic nitrogens is 1. The number of halogens is 2. The van der Waals surface area contributed by atoms with Gasteiger partial charge in [-0.05, 0) is 13.3 Å². The normalized spacial score (nSPS) is 12.1. The Morgan fingerprint density at radius 1 is 1.45 bits per heavy atom. The van der Waals surface area contributed by atoms with Crippen LogP contribution in [0.15, 0.2) is 5.38 Å². The number of amides is 1. The van der Waals surface area contributed by atoms with Crippen LogP contribution in [0, 0.1) is 0 Å². The van der Waals surface area contributed by atoms with Gasteiger partial charge in [0, 0.05) is 23.4 Å². The van der Waals surface area contributed by atoms with Crippen molar-refractivity contribution in [1.29, 1.82) is 0 Å². The van der Waals surface area contributed by atoms with Crippen LogP contribution >= 0.6 is 36.2 Å². The molecule has 4 nitrogen and oxygen atoms in total. The number of carbonyl (C=O) groups excluding carboxylic acids is 1. The summed E-state index contributed by atoms with van der Waals surface area (Å²) in [5.74, 6) is 0.0152.